The molecule has 0 aliphatic rings. The highest BCUT2D eigenvalue weighted by atomic mass is 79.9. The van der Waals surface area contributed by atoms with Crippen molar-refractivity contribution in [3.05, 3.63) is 38.1 Å². The number of nitriles is 1. The van der Waals surface area contributed by atoms with Gasteiger partial charge in [0.15, 0.2) is 16.3 Å². The van der Waals surface area contributed by atoms with Crippen LogP contribution in [0.3, 0.4) is 0 Å². The van der Waals surface area contributed by atoms with Crippen molar-refractivity contribution in [2.24, 2.45) is 0 Å². The number of rotatable bonds is 3. The van der Waals surface area contributed by atoms with Crippen LogP contribution in [-0.4, -0.2) is 10.8 Å². The first-order valence-corrected chi connectivity index (χ1v) is 6.82. The Labute approximate surface area is 116 Å². The number of Topliss-reactive ketones (excluding diaryl/α,β-unsaturated/α-hetero) is 1. The molecule has 6 heteroatoms. The molecule has 2 rings (SSSR count). The summed E-state index contributed by atoms with van der Waals surface area (Å²) >= 11 is 4.48. The minimum Gasteiger partial charge on any atom is -0.446 e. The maximum Gasteiger partial charge on any atom is 0.222 e. The summed E-state index contributed by atoms with van der Waals surface area (Å²) in [6, 6.07) is 3.69. The lowest BCUT2D eigenvalue weighted by atomic mass is 10.0. The summed E-state index contributed by atoms with van der Waals surface area (Å²) in [5.74, 6) is -1.04. The number of carbonyl (C=O) groups is 1. The molecular weight excluding hydrogens is 316 g/mol. The molecule has 0 spiro atoms. The summed E-state index contributed by atoms with van der Waals surface area (Å²) in [5, 5.41) is 11.5. The first-order valence-electron chi connectivity index (χ1n) is 5.14. The number of hydrogen-bond acceptors (Lipinski definition) is 5. The Balaban J connectivity index is 2.38. The minimum absolute atomic E-state index is 0.210. The van der Waals surface area contributed by atoms with Gasteiger partial charge in [-0.15, -0.1) is 11.3 Å². The molecule has 2 aromatic heterocycles. The van der Waals surface area contributed by atoms with Gasteiger partial charge in [0.05, 0.1) is 6.07 Å². The lowest BCUT2D eigenvalue weighted by Crippen LogP contribution is -2.11. The van der Waals surface area contributed by atoms with E-state index in [4.69, 9.17) is 9.68 Å². The van der Waals surface area contributed by atoms with Crippen molar-refractivity contribution in [2.75, 3.05) is 0 Å². The first kappa shape index (κ1) is 13.0. The molecule has 0 saturated heterocycles. The van der Waals surface area contributed by atoms with Gasteiger partial charge in [0.1, 0.15) is 5.01 Å². The Morgan fingerprint density at radius 1 is 1.61 bits per heavy atom. The van der Waals surface area contributed by atoms with E-state index in [1.165, 1.54) is 11.3 Å². The van der Waals surface area contributed by atoms with Gasteiger partial charge in [0.2, 0.25) is 5.78 Å². The molecule has 0 amide bonds. The molecular formula is C12H9BrN2O2S. The van der Waals surface area contributed by atoms with Crippen LogP contribution < -0.4 is 0 Å². The zero-order chi connectivity index (χ0) is 13.3. The van der Waals surface area contributed by atoms with Crippen LogP contribution in [0.5, 0.6) is 0 Å². The highest BCUT2D eigenvalue weighted by molar-refractivity contribution is 9.10. The summed E-state index contributed by atoms with van der Waals surface area (Å²) in [5.41, 5.74) is 1.51. The highest BCUT2D eigenvalue weighted by Crippen LogP contribution is 2.28. The van der Waals surface area contributed by atoms with Crippen molar-refractivity contribution < 1.29 is 9.21 Å². The van der Waals surface area contributed by atoms with Crippen LogP contribution in [0.1, 0.15) is 32.7 Å². The van der Waals surface area contributed by atoms with Crippen LogP contribution in [0.4, 0.5) is 0 Å². The average molecular weight is 325 g/mol. The van der Waals surface area contributed by atoms with Crippen molar-refractivity contribution >= 4 is 33.0 Å². The average Bonchev–Trinajstić information content (AvgIpc) is 2.86. The van der Waals surface area contributed by atoms with E-state index in [0.717, 1.165) is 5.69 Å². The topological polar surface area (TPSA) is 66.9 Å². The maximum atomic E-state index is 12.2. The number of nitrogens with zero attached hydrogens (tertiary/aromatic N) is 2. The van der Waals surface area contributed by atoms with E-state index in [-0.39, 0.29) is 11.5 Å². The van der Waals surface area contributed by atoms with Gasteiger partial charge in [-0.3, -0.25) is 4.79 Å². The second kappa shape index (κ2) is 5.04. The molecule has 0 aromatic carbocycles. The molecule has 0 saturated carbocycles. The second-order valence-electron chi connectivity index (χ2n) is 3.82. The van der Waals surface area contributed by atoms with E-state index in [1.54, 1.807) is 13.0 Å². The Morgan fingerprint density at radius 3 is 2.78 bits per heavy atom. The van der Waals surface area contributed by atoms with E-state index >= 15 is 0 Å². The number of ketones is 1. The van der Waals surface area contributed by atoms with Gasteiger partial charge in [0, 0.05) is 11.1 Å². The fourth-order valence-corrected chi connectivity index (χ4v) is 2.89. The third-order valence-corrected chi connectivity index (χ3v) is 3.80. The number of thiazole rings is 1. The maximum absolute atomic E-state index is 12.2. The molecule has 0 aliphatic carbocycles. The third-order valence-electron chi connectivity index (χ3n) is 2.39. The van der Waals surface area contributed by atoms with Crippen LogP contribution in [0.2, 0.25) is 0 Å². The van der Waals surface area contributed by atoms with Crippen molar-refractivity contribution in [3.8, 4) is 6.07 Å². The normalized spacial score (nSPS) is 12.1. The molecule has 0 aliphatic heterocycles. The summed E-state index contributed by atoms with van der Waals surface area (Å²) in [6.07, 6.45) is 0. The molecule has 0 N–H and O–H groups in total. The van der Waals surface area contributed by atoms with Gasteiger partial charge in [0.25, 0.3) is 0 Å². The SMILES string of the molecule is Cc1csc(C(C#N)C(=O)c2oc(Br)cc2C)n1. The second-order valence-corrected chi connectivity index (χ2v) is 5.49. The summed E-state index contributed by atoms with van der Waals surface area (Å²) in [4.78, 5) is 16.4. The molecule has 1 unspecified atom stereocenters. The number of aromatic nitrogens is 1. The largest absolute Gasteiger partial charge is 0.446 e. The highest BCUT2D eigenvalue weighted by Gasteiger charge is 2.28. The minimum atomic E-state index is -0.902. The first-order chi connectivity index (χ1) is 8.52. The molecule has 2 aromatic rings. The fraction of sp³-hybridized carbons (Fsp3) is 0.250. The van der Waals surface area contributed by atoms with Crippen LogP contribution in [0, 0.1) is 25.2 Å². The molecule has 0 radical (unpaired) electrons. The van der Waals surface area contributed by atoms with E-state index < -0.39 is 5.92 Å². The smallest absolute Gasteiger partial charge is 0.222 e. The summed E-state index contributed by atoms with van der Waals surface area (Å²) in [7, 11) is 0. The van der Waals surface area contributed by atoms with Crippen LogP contribution >= 0.6 is 27.3 Å². The zero-order valence-corrected chi connectivity index (χ0v) is 12.1. The van der Waals surface area contributed by atoms with Crippen molar-refractivity contribution in [1.29, 1.82) is 5.26 Å². The predicted octanol–water partition coefficient (Wildman–Crippen LogP) is 3.61. The number of aryl methyl sites for hydroxylation is 2. The van der Waals surface area contributed by atoms with Gasteiger partial charge in [-0.05, 0) is 41.4 Å². The molecule has 92 valence electrons. The number of carbonyl (C=O) groups excluding carboxylic acids is 1. The predicted molar refractivity (Wildman–Crippen MR) is 70.7 cm³/mol. The standard InChI is InChI=1S/C12H9BrN2O2S/c1-6-3-9(13)17-11(6)10(16)8(4-14)12-15-7(2)5-18-12/h3,5,8H,1-2H3. The van der Waals surface area contributed by atoms with Crippen LogP contribution in [0.25, 0.3) is 0 Å². The molecule has 1 atom stereocenters. The Kier molecular flexibility index (Phi) is 3.64. The zero-order valence-electron chi connectivity index (χ0n) is 9.73. The fourth-order valence-electron chi connectivity index (χ4n) is 1.55. The Hall–Kier alpha value is -1.45. The van der Waals surface area contributed by atoms with Crippen LogP contribution in [-0.2, 0) is 0 Å². The molecule has 2 heterocycles. The van der Waals surface area contributed by atoms with Gasteiger partial charge in [-0.25, -0.2) is 4.98 Å². The van der Waals surface area contributed by atoms with E-state index in [9.17, 15) is 4.79 Å². The van der Waals surface area contributed by atoms with E-state index in [0.29, 0.717) is 15.2 Å². The molecule has 0 bridgehead atoms. The third kappa shape index (κ3) is 2.37. The van der Waals surface area contributed by atoms with Crippen molar-refractivity contribution in [3.63, 3.8) is 0 Å². The quantitative estimate of drug-likeness (QED) is 0.809. The van der Waals surface area contributed by atoms with Crippen molar-refractivity contribution in [1.82, 2.24) is 4.98 Å². The van der Waals surface area contributed by atoms with Gasteiger partial charge in [-0.1, -0.05) is 0 Å². The molecule has 0 fully saturated rings. The van der Waals surface area contributed by atoms with Crippen molar-refractivity contribution in [2.45, 2.75) is 19.8 Å². The molecule has 4 nitrogen and oxygen atoms in total. The van der Waals surface area contributed by atoms with E-state index in [1.807, 2.05) is 18.4 Å². The number of furan rings is 1. The lowest BCUT2D eigenvalue weighted by Gasteiger charge is -2.03. The lowest BCUT2D eigenvalue weighted by molar-refractivity contribution is 0.0949. The molecule has 18 heavy (non-hydrogen) atoms. The number of halogens is 1. The van der Waals surface area contributed by atoms with Gasteiger partial charge < -0.3 is 4.42 Å². The van der Waals surface area contributed by atoms with Crippen LogP contribution in [0.15, 0.2) is 20.5 Å². The van der Waals surface area contributed by atoms with E-state index in [2.05, 4.69) is 20.9 Å². The number of hydrogen-bond donors (Lipinski definition) is 0. The Morgan fingerprint density at radius 2 is 2.33 bits per heavy atom. The summed E-state index contributed by atoms with van der Waals surface area (Å²) in [6.45, 7) is 3.59. The van der Waals surface area contributed by atoms with Gasteiger partial charge >= 0.3 is 0 Å². The summed E-state index contributed by atoms with van der Waals surface area (Å²) < 4.78 is 5.76. The Bertz CT molecular complexity index is 639. The van der Waals surface area contributed by atoms with Gasteiger partial charge in [-0.2, -0.15) is 5.26 Å². The monoisotopic (exact) mass is 324 g/mol.